The maximum absolute atomic E-state index is 12.0. The highest BCUT2D eigenvalue weighted by atomic mass is 16.4. The molecule has 0 aliphatic heterocycles. The molecule has 5 nitrogen and oxygen atoms in total. The van der Waals surface area contributed by atoms with E-state index in [0.717, 1.165) is 44.9 Å². The minimum absolute atomic E-state index is 0.129. The minimum atomic E-state index is -0.795. The first-order valence-electron chi connectivity index (χ1n) is 7.84. The van der Waals surface area contributed by atoms with Gasteiger partial charge in [-0.05, 0) is 26.2 Å². The van der Waals surface area contributed by atoms with Crippen molar-refractivity contribution < 1.29 is 14.7 Å². The number of rotatable bonds is 6. The van der Waals surface area contributed by atoms with Crippen molar-refractivity contribution in [2.45, 2.75) is 77.3 Å². The van der Waals surface area contributed by atoms with Gasteiger partial charge in [-0.15, -0.1) is 0 Å². The molecule has 0 bridgehead atoms. The summed E-state index contributed by atoms with van der Waals surface area (Å²) in [4.78, 5) is 23.2. The van der Waals surface area contributed by atoms with Crippen LogP contribution in [0.4, 0.5) is 4.79 Å². The first kappa shape index (κ1) is 16.8. The number of carbonyl (C=O) groups is 2. The van der Waals surface area contributed by atoms with E-state index in [1.807, 2.05) is 6.92 Å². The lowest BCUT2D eigenvalue weighted by Crippen LogP contribution is -2.49. The van der Waals surface area contributed by atoms with E-state index in [0.29, 0.717) is 6.42 Å². The first-order valence-corrected chi connectivity index (χ1v) is 7.84. The second kappa shape index (κ2) is 8.82. The topological polar surface area (TPSA) is 78.4 Å². The molecule has 1 saturated carbocycles. The predicted octanol–water partition coefficient (Wildman–Crippen LogP) is 2.90. The van der Waals surface area contributed by atoms with E-state index in [4.69, 9.17) is 0 Å². The zero-order valence-electron chi connectivity index (χ0n) is 12.7. The molecule has 0 aromatic carbocycles. The molecule has 1 aliphatic rings. The monoisotopic (exact) mass is 284 g/mol. The molecule has 0 aromatic rings. The number of nitrogens with one attached hydrogen (secondary N) is 2. The highest BCUT2D eigenvalue weighted by Gasteiger charge is 2.30. The summed E-state index contributed by atoms with van der Waals surface area (Å²) >= 11 is 0. The van der Waals surface area contributed by atoms with E-state index in [-0.39, 0.29) is 18.1 Å². The molecule has 3 atom stereocenters. The van der Waals surface area contributed by atoms with Crippen LogP contribution in [0.2, 0.25) is 0 Å². The van der Waals surface area contributed by atoms with Crippen molar-refractivity contribution in [3.05, 3.63) is 0 Å². The van der Waals surface area contributed by atoms with E-state index in [2.05, 4.69) is 17.6 Å². The largest absolute Gasteiger partial charge is 0.481 e. The maximum atomic E-state index is 12.0. The van der Waals surface area contributed by atoms with Crippen LogP contribution in [0, 0.1) is 5.92 Å². The van der Waals surface area contributed by atoms with Crippen LogP contribution in [0.1, 0.15) is 65.2 Å². The molecule has 5 heteroatoms. The molecule has 1 fully saturated rings. The van der Waals surface area contributed by atoms with Gasteiger partial charge in [0.25, 0.3) is 0 Å². The zero-order valence-corrected chi connectivity index (χ0v) is 12.7. The Bertz CT molecular complexity index is 320. The number of carbonyl (C=O) groups excluding carboxylic acids is 1. The van der Waals surface area contributed by atoms with Gasteiger partial charge in [-0.1, -0.05) is 39.0 Å². The minimum Gasteiger partial charge on any atom is -0.481 e. The summed E-state index contributed by atoms with van der Waals surface area (Å²) < 4.78 is 0. The molecule has 0 saturated heterocycles. The molecule has 0 aromatic heterocycles. The average molecular weight is 284 g/mol. The number of urea groups is 1. The molecule has 0 spiro atoms. The third-order valence-electron chi connectivity index (χ3n) is 4.02. The third-order valence-corrected chi connectivity index (χ3v) is 4.02. The van der Waals surface area contributed by atoms with Crippen LogP contribution in [0.15, 0.2) is 0 Å². The second-order valence-corrected chi connectivity index (χ2v) is 5.85. The Morgan fingerprint density at radius 3 is 2.60 bits per heavy atom. The fourth-order valence-electron chi connectivity index (χ4n) is 2.79. The van der Waals surface area contributed by atoms with Gasteiger partial charge >= 0.3 is 12.0 Å². The van der Waals surface area contributed by atoms with Gasteiger partial charge in [0.05, 0.1) is 5.92 Å². The summed E-state index contributed by atoms with van der Waals surface area (Å²) in [6.45, 7) is 4.10. The van der Waals surface area contributed by atoms with Crippen molar-refractivity contribution in [1.82, 2.24) is 10.6 Å². The van der Waals surface area contributed by atoms with Gasteiger partial charge in [0.2, 0.25) is 0 Å². The Kier molecular flexibility index (Phi) is 7.41. The number of hydrogen-bond acceptors (Lipinski definition) is 2. The van der Waals surface area contributed by atoms with Crippen LogP contribution in [-0.4, -0.2) is 29.2 Å². The zero-order chi connectivity index (χ0) is 15.0. The van der Waals surface area contributed by atoms with Crippen molar-refractivity contribution in [2.75, 3.05) is 0 Å². The second-order valence-electron chi connectivity index (χ2n) is 5.85. The Labute approximate surface area is 121 Å². The molecule has 1 rings (SSSR count). The van der Waals surface area contributed by atoms with Gasteiger partial charge in [0.15, 0.2) is 0 Å². The summed E-state index contributed by atoms with van der Waals surface area (Å²) in [5, 5.41) is 15.0. The summed E-state index contributed by atoms with van der Waals surface area (Å²) in [6.07, 6.45) is 7.54. The van der Waals surface area contributed by atoms with Crippen molar-refractivity contribution in [1.29, 1.82) is 0 Å². The highest BCUT2D eigenvalue weighted by Crippen LogP contribution is 2.23. The van der Waals surface area contributed by atoms with Crippen LogP contribution in [0.25, 0.3) is 0 Å². The molecular formula is C15H28N2O3. The lowest BCUT2D eigenvalue weighted by molar-refractivity contribution is -0.142. The van der Waals surface area contributed by atoms with Gasteiger partial charge in [-0.25, -0.2) is 4.79 Å². The number of aliphatic carboxylic acids is 1. The molecule has 0 radical (unpaired) electrons. The normalized spacial score (nSPS) is 24.5. The molecular weight excluding hydrogens is 256 g/mol. The number of carboxylic acids is 1. The van der Waals surface area contributed by atoms with Crippen molar-refractivity contribution in [3.8, 4) is 0 Å². The summed E-state index contributed by atoms with van der Waals surface area (Å²) in [5.74, 6) is -1.24. The Morgan fingerprint density at radius 1 is 1.25 bits per heavy atom. The van der Waals surface area contributed by atoms with E-state index in [9.17, 15) is 14.7 Å². The smallest absolute Gasteiger partial charge is 0.315 e. The molecule has 116 valence electrons. The average Bonchev–Trinajstić information content (AvgIpc) is 2.61. The third kappa shape index (κ3) is 5.80. The first-order chi connectivity index (χ1) is 9.54. The lowest BCUT2D eigenvalue weighted by atomic mass is 9.95. The lowest BCUT2D eigenvalue weighted by Gasteiger charge is -2.24. The SMILES string of the molecule is CCCCC(C)NC(=O)NC1CCCCCC1C(=O)O. The van der Waals surface area contributed by atoms with E-state index in [1.54, 1.807) is 0 Å². The number of amides is 2. The summed E-state index contributed by atoms with van der Waals surface area (Å²) in [7, 11) is 0. The van der Waals surface area contributed by atoms with Crippen LogP contribution in [0.5, 0.6) is 0 Å². The van der Waals surface area contributed by atoms with Gasteiger partial charge in [0, 0.05) is 12.1 Å². The van der Waals surface area contributed by atoms with Crippen molar-refractivity contribution in [2.24, 2.45) is 5.92 Å². The fourth-order valence-corrected chi connectivity index (χ4v) is 2.79. The number of unbranched alkanes of at least 4 members (excludes halogenated alkanes) is 1. The number of hydrogen-bond donors (Lipinski definition) is 3. The quantitative estimate of drug-likeness (QED) is 0.656. The van der Waals surface area contributed by atoms with Crippen molar-refractivity contribution in [3.63, 3.8) is 0 Å². The van der Waals surface area contributed by atoms with Crippen LogP contribution in [0.3, 0.4) is 0 Å². The van der Waals surface area contributed by atoms with Gasteiger partial charge in [0.1, 0.15) is 0 Å². The van der Waals surface area contributed by atoms with E-state index in [1.165, 1.54) is 0 Å². The van der Waals surface area contributed by atoms with Crippen LogP contribution in [-0.2, 0) is 4.79 Å². The highest BCUT2D eigenvalue weighted by molar-refractivity contribution is 5.76. The Morgan fingerprint density at radius 2 is 1.95 bits per heavy atom. The molecule has 3 unspecified atom stereocenters. The Hall–Kier alpha value is -1.26. The van der Waals surface area contributed by atoms with Gasteiger partial charge < -0.3 is 15.7 Å². The predicted molar refractivity (Wildman–Crippen MR) is 78.7 cm³/mol. The fraction of sp³-hybridized carbons (Fsp3) is 0.867. The maximum Gasteiger partial charge on any atom is 0.315 e. The Balaban J connectivity index is 2.46. The van der Waals surface area contributed by atoms with Gasteiger partial charge in [-0.3, -0.25) is 4.79 Å². The van der Waals surface area contributed by atoms with E-state index < -0.39 is 11.9 Å². The molecule has 20 heavy (non-hydrogen) atoms. The molecule has 2 amide bonds. The van der Waals surface area contributed by atoms with Crippen LogP contribution >= 0.6 is 0 Å². The van der Waals surface area contributed by atoms with E-state index >= 15 is 0 Å². The summed E-state index contributed by atoms with van der Waals surface area (Å²) in [6, 6.07) is -0.343. The molecule has 1 aliphatic carbocycles. The standard InChI is InChI=1S/C15H28N2O3/c1-3-4-8-11(2)16-15(20)17-13-10-7-5-6-9-12(13)14(18)19/h11-13H,3-10H2,1-2H3,(H,18,19)(H2,16,17,20). The van der Waals surface area contributed by atoms with Crippen molar-refractivity contribution >= 4 is 12.0 Å². The van der Waals surface area contributed by atoms with Crippen LogP contribution < -0.4 is 10.6 Å². The molecule has 3 N–H and O–H groups in total. The number of carboxylic acid groups (broad SMARTS) is 1. The molecule has 0 heterocycles. The van der Waals surface area contributed by atoms with Gasteiger partial charge in [-0.2, -0.15) is 0 Å². The summed E-state index contributed by atoms with van der Waals surface area (Å²) in [5.41, 5.74) is 0.